The number of carbonyl (C=O) groups excluding carboxylic acids is 2. The molecule has 30 heavy (non-hydrogen) atoms. The molecule has 156 valence electrons. The maximum absolute atomic E-state index is 13.1. The van der Waals surface area contributed by atoms with Gasteiger partial charge in [-0.2, -0.15) is 9.78 Å². The van der Waals surface area contributed by atoms with Crippen molar-refractivity contribution in [2.75, 3.05) is 27.4 Å². The molecule has 0 aliphatic carbocycles. The molecule has 9 heteroatoms. The van der Waals surface area contributed by atoms with Gasteiger partial charge >= 0.3 is 5.97 Å². The Bertz CT molecular complexity index is 1130. The molecule has 0 saturated heterocycles. The fourth-order valence-electron chi connectivity index (χ4n) is 2.90. The standard InChI is InChI=1S/C21H21N3O6/c1-4-30-18(25)12-22-20(26)19-16-7-5-6-8-17(16)21(27)24(23-19)13-9-14(28-2)11-15(10-13)29-3/h5-11H,4,12H2,1-3H3,(H,22,26). The van der Waals surface area contributed by atoms with Crippen molar-refractivity contribution in [1.82, 2.24) is 15.1 Å². The molecule has 0 atom stereocenters. The SMILES string of the molecule is CCOC(=O)CNC(=O)c1nn(-c2cc(OC)cc(OC)c2)c(=O)c2ccccc12. The van der Waals surface area contributed by atoms with Crippen LogP contribution in [0.15, 0.2) is 47.3 Å². The molecular weight excluding hydrogens is 390 g/mol. The summed E-state index contributed by atoms with van der Waals surface area (Å²) in [5.74, 6) is -0.261. The van der Waals surface area contributed by atoms with Gasteiger partial charge in [-0.1, -0.05) is 18.2 Å². The summed E-state index contributed by atoms with van der Waals surface area (Å²) in [6, 6.07) is 11.5. The predicted molar refractivity (Wildman–Crippen MR) is 109 cm³/mol. The van der Waals surface area contributed by atoms with E-state index in [0.717, 1.165) is 4.68 Å². The highest BCUT2D eigenvalue weighted by Gasteiger charge is 2.19. The number of rotatable bonds is 7. The van der Waals surface area contributed by atoms with Crippen molar-refractivity contribution in [3.63, 3.8) is 0 Å². The molecule has 9 nitrogen and oxygen atoms in total. The molecule has 1 heterocycles. The van der Waals surface area contributed by atoms with Gasteiger partial charge in [0, 0.05) is 23.6 Å². The third-order valence-corrected chi connectivity index (χ3v) is 4.30. The zero-order chi connectivity index (χ0) is 21.7. The highest BCUT2D eigenvalue weighted by atomic mass is 16.5. The first kappa shape index (κ1) is 20.8. The van der Waals surface area contributed by atoms with Gasteiger partial charge in [0.25, 0.3) is 11.5 Å². The lowest BCUT2D eigenvalue weighted by Crippen LogP contribution is -2.33. The maximum Gasteiger partial charge on any atom is 0.325 e. The first-order valence-electron chi connectivity index (χ1n) is 9.17. The number of carbonyl (C=O) groups is 2. The molecule has 0 radical (unpaired) electrons. The number of hydrogen-bond acceptors (Lipinski definition) is 7. The Morgan fingerprint density at radius 3 is 2.27 bits per heavy atom. The van der Waals surface area contributed by atoms with Crippen LogP contribution in [0.5, 0.6) is 11.5 Å². The molecule has 0 aliphatic rings. The topological polar surface area (TPSA) is 109 Å². The number of aromatic nitrogens is 2. The van der Waals surface area contributed by atoms with E-state index in [-0.39, 0.29) is 18.8 Å². The number of nitrogens with one attached hydrogen (secondary N) is 1. The monoisotopic (exact) mass is 411 g/mol. The molecule has 3 rings (SSSR count). The van der Waals surface area contributed by atoms with Crippen LogP contribution >= 0.6 is 0 Å². The molecule has 0 spiro atoms. The summed E-state index contributed by atoms with van der Waals surface area (Å²) in [6.07, 6.45) is 0. The minimum absolute atomic E-state index is 0.00344. The van der Waals surface area contributed by atoms with Gasteiger partial charge in [-0.3, -0.25) is 14.4 Å². The first-order chi connectivity index (χ1) is 14.5. The molecule has 2 aromatic carbocycles. The molecule has 1 amide bonds. The average Bonchev–Trinajstić information content (AvgIpc) is 2.77. The normalized spacial score (nSPS) is 10.5. The van der Waals surface area contributed by atoms with E-state index in [1.165, 1.54) is 14.2 Å². The molecule has 3 aromatic rings. The van der Waals surface area contributed by atoms with E-state index in [1.54, 1.807) is 49.4 Å². The van der Waals surface area contributed by atoms with E-state index in [2.05, 4.69) is 10.4 Å². The Morgan fingerprint density at radius 1 is 1.03 bits per heavy atom. The molecule has 0 fully saturated rings. The summed E-state index contributed by atoms with van der Waals surface area (Å²) in [4.78, 5) is 37.4. The zero-order valence-corrected chi connectivity index (χ0v) is 16.8. The number of benzene rings is 2. The van der Waals surface area contributed by atoms with Crippen LogP contribution in [0.1, 0.15) is 17.4 Å². The van der Waals surface area contributed by atoms with Crippen molar-refractivity contribution in [3.8, 4) is 17.2 Å². The van der Waals surface area contributed by atoms with Crippen molar-refractivity contribution in [1.29, 1.82) is 0 Å². The molecule has 0 bridgehead atoms. The third-order valence-electron chi connectivity index (χ3n) is 4.30. The van der Waals surface area contributed by atoms with Crippen LogP contribution in [0.3, 0.4) is 0 Å². The van der Waals surface area contributed by atoms with Crippen molar-refractivity contribution < 1.29 is 23.8 Å². The smallest absolute Gasteiger partial charge is 0.325 e. The summed E-state index contributed by atoms with van der Waals surface area (Å²) >= 11 is 0. The minimum Gasteiger partial charge on any atom is -0.497 e. The number of ether oxygens (including phenoxy) is 3. The van der Waals surface area contributed by atoms with Gasteiger partial charge in [0.1, 0.15) is 18.0 Å². The van der Waals surface area contributed by atoms with Crippen LogP contribution in [-0.4, -0.2) is 49.0 Å². The second-order valence-corrected chi connectivity index (χ2v) is 6.17. The fraction of sp³-hybridized carbons (Fsp3) is 0.238. The van der Waals surface area contributed by atoms with Crippen molar-refractivity contribution >= 4 is 22.6 Å². The van der Waals surface area contributed by atoms with E-state index < -0.39 is 17.4 Å². The summed E-state index contributed by atoms with van der Waals surface area (Å²) in [5, 5.41) is 7.42. The Labute approximate surface area is 172 Å². The van der Waals surface area contributed by atoms with Crippen LogP contribution in [0.4, 0.5) is 0 Å². The van der Waals surface area contributed by atoms with Crippen LogP contribution in [-0.2, 0) is 9.53 Å². The number of hydrogen-bond donors (Lipinski definition) is 1. The minimum atomic E-state index is -0.608. The van der Waals surface area contributed by atoms with Gasteiger partial charge in [-0.25, -0.2) is 0 Å². The van der Waals surface area contributed by atoms with E-state index in [0.29, 0.717) is 28.0 Å². The lowest BCUT2D eigenvalue weighted by atomic mass is 10.1. The summed E-state index contributed by atoms with van der Waals surface area (Å²) in [5.41, 5.74) is -0.0551. The van der Waals surface area contributed by atoms with E-state index in [1.807, 2.05) is 0 Å². The predicted octanol–water partition coefficient (Wildman–Crippen LogP) is 1.70. The summed E-state index contributed by atoms with van der Waals surface area (Å²) in [7, 11) is 2.98. The second kappa shape index (κ2) is 9.08. The Hall–Kier alpha value is -3.88. The Kier molecular flexibility index (Phi) is 6.31. The van der Waals surface area contributed by atoms with Crippen molar-refractivity contribution in [2.45, 2.75) is 6.92 Å². The van der Waals surface area contributed by atoms with Gasteiger partial charge in [-0.15, -0.1) is 0 Å². The van der Waals surface area contributed by atoms with Crippen LogP contribution in [0.25, 0.3) is 16.5 Å². The number of amides is 1. The van der Waals surface area contributed by atoms with Crippen LogP contribution in [0.2, 0.25) is 0 Å². The fourth-order valence-corrected chi connectivity index (χ4v) is 2.90. The third kappa shape index (κ3) is 4.24. The van der Waals surface area contributed by atoms with Gasteiger partial charge in [0.05, 0.1) is 31.9 Å². The van der Waals surface area contributed by atoms with Crippen molar-refractivity contribution in [3.05, 3.63) is 58.5 Å². The average molecular weight is 411 g/mol. The highest BCUT2D eigenvalue weighted by Crippen LogP contribution is 2.24. The molecule has 1 aromatic heterocycles. The quantitative estimate of drug-likeness (QED) is 0.590. The Morgan fingerprint density at radius 2 is 1.67 bits per heavy atom. The number of methoxy groups -OCH3 is 2. The largest absolute Gasteiger partial charge is 0.497 e. The van der Waals surface area contributed by atoms with E-state index >= 15 is 0 Å². The maximum atomic E-state index is 13.1. The number of esters is 1. The van der Waals surface area contributed by atoms with E-state index in [9.17, 15) is 14.4 Å². The molecule has 0 unspecified atom stereocenters. The molecular formula is C21H21N3O6. The highest BCUT2D eigenvalue weighted by molar-refractivity contribution is 6.05. The lowest BCUT2D eigenvalue weighted by Gasteiger charge is -2.13. The lowest BCUT2D eigenvalue weighted by molar-refractivity contribution is -0.141. The zero-order valence-electron chi connectivity index (χ0n) is 16.8. The van der Waals surface area contributed by atoms with Gasteiger partial charge < -0.3 is 19.5 Å². The summed E-state index contributed by atoms with van der Waals surface area (Å²) in [6.45, 7) is 1.57. The molecule has 0 saturated carbocycles. The van der Waals surface area contributed by atoms with Gasteiger partial charge in [0.15, 0.2) is 5.69 Å². The molecule has 0 aliphatic heterocycles. The number of nitrogens with zero attached hydrogens (tertiary/aromatic N) is 2. The van der Waals surface area contributed by atoms with Gasteiger partial charge in [0.2, 0.25) is 0 Å². The van der Waals surface area contributed by atoms with Crippen molar-refractivity contribution in [2.24, 2.45) is 0 Å². The molecule has 1 N–H and O–H groups in total. The first-order valence-corrected chi connectivity index (χ1v) is 9.17. The Balaban J connectivity index is 2.13. The van der Waals surface area contributed by atoms with Crippen LogP contribution in [0, 0.1) is 0 Å². The second-order valence-electron chi connectivity index (χ2n) is 6.17. The van der Waals surface area contributed by atoms with Crippen LogP contribution < -0.4 is 20.3 Å². The number of fused-ring (bicyclic) bond motifs is 1. The van der Waals surface area contributed by atoms with E-state index in [4.69, 9.17) is 14.2 Å². The van der Waals surface area contributed by atoms with Gasteiger partial charge in [-0.05, 0) is 13.0 Å². The summed E-state index contributed by atoms with van der Waals surface area (Å²) < 4.78 is 16.4.